The van der Waals surface area contributed by atoms with Crippen LogP contribution in [0.1, 0.15) is 31.2 Å². The van der Waals surface area contributed by atoms with E-state index in [0.717, 1.165) is 24.8 Å². The van der Waals surface area contributed by atoms with Gasteiger partial charge in [-0.05, 0) is 25.5 Å². The maximum absolute atomic E-state index is 11.9. The number of aryl methyl sites for hydroxylation is 1. The molecule has 5 heteroatoms. The zero-order valence-corrected chi connectivity index (χ0v) is 15.5. The SMILES string of the molecule is Cc1ccc(S(=O)(=O)OCCCCCC[Si](C)(C)C)cc1. The molecule has 0 aromatic heterocycles. The number of unbranched alkanes of at least 4 members (excludes halogenated alkanes) is 3. The molecule has 0 saturated carbocycles. The van der Waals surface area contributed by atoms with E-state index < -0.39 is 18.2 Å². The van der Waals surface area contributed by atoms with E-state index in [4.69, 9.17) is 4.18 Å². The van der Waals surface area contributed by atoms with Crippen LogP contribution in [0, 0.1) is 6.92 Å². The smallest absolute Gasteiger partial charge is 0.266 e. The Kier molecular flexibility index (Phi) is 7.10. The molecule has 3 nitrogen and oxygen atoms in total. The Bertz CT molecular complexity index is 515. The molecule has 0 unspecified atom stereocenters. The molecule has 0 aliphatic heterocycles. The molecule has 21 heavy (non-hydrogen) atoms. The van der Waals surface area contributed by atoms with Gasteiger partial charge in [-0.15, -0.1) is 0 Å². The predicted molar refractivity (Wildman–Crippen MR) is 90.9 cm³/mol. The van der Waals surface area contributed by atoms with Crippen molar-refractivity contribution in [2.24, 2.45) is 0 Å². The molecule has 0 aliphatic rings. The van der Waals surface area contributed by atoms with Gasteiger partial charge >= 0.3 is 0 Å². The van der Waals surface area contributed by atoms with Gasteiger partial charge in [0.1, 0.15) is 0 Å². The van der Waals surface area contributed by atoms with Crippen LogP contribution in [0.2, 0.25) is 25.7 Å². The van der Waals surface area contributed by atoms with Gasteiger partial charge in [-0.2, -0.15) is 8.42 Å². The fourth-order valence-electron chi connectivity index (χ4n) is 2.05. The molecular formula is C16H28O3SSi. The highest BCUT2D eigenvalue weighted by molar-refractivity contribution is 7.86. The largest absolute Gasteiger partial charge is 0.296 e. The Morgan fingerprint density at radius 3 is 2.10 bits per heavy atom. The van der Waals surface area contributed by atoms with Crippen LogP contribution in [0.5, 0.6) is 0 Å². The molecule has 0 bridgehead atoms. The molecule has 0 amide bonds. The average Bonchev–Trinajstić information content (AvgIpc) is 2.36. The minimum Gasteiger partial charge on any atom is -0.266 e. The molecule has 0 N–H and O–H groups in total. The van der Waals surface area contributed by atoms with Crippen LogP contribution in [-0.4, -0.2) is 23.1 Å². The molecule has 1 aromatic carbocycles. The lowest BCUT2D eigenvalue weighted by Gasteiger charge is -2.14. The van der Waals surface area contributed by atoms with Gasteiger partial charge < -0.3 is 0 Å². The maximum Gasteiger partial charge on any atom is 0.296 e. The van der Waals surface area contributed by atoms with Crippen molar-refractivity contribution in [2.45, 2.75) is 63.2 Å². The fraction of sp³-hybridized carbons (Fsp3) is 0.625. The molecule has 0 saturated heterocycles. The van der Waals surface area contributed by atoms with Crippen molar-refractivity contribution in [1.29, 1.82) is 0 Å². The van der Waals surface area contributed by atoms with Crippen LogP contribution in [-0.2, 0) is 14.3 Å². The molecular weight excluding hydrogens is 300 g/mol. The van der Waals surface area contributed by atoms with Crippen molar-refractivity contribution in [3.8, 4) is 0 Å². The van der Waals surface area contributed by atoms with Gasteiger partial charge in [0.15, 0.2) is 0 Å². The number of benzene rings is 1. The minimum atomic E-state index is -3.59. The summed E-state index contributed by atoms with van der Waals surface area (Å²) in [6.07, 6.45) is 4.25. The molecule has 0 radical (unpaired) electrons. The van der Waals surface area contributed by atoms with Crippen molar-refractivity contribution in [3.63, 3.8) is 0 Å². The zero-order chi connectivity index (χ0) is 15.9. The zero-order valence-electron chi connectivity index (χ0n) is 13.7. The molecule has 1 rings (SSSR count). The molecule has 0 fully saturated rings. The highest BCUT2D eigenvalue weighted by Crippen LogP contribution is 2.16. The first kappa shape index (κ1) is 18.4. The normalized spacial score (nSPS) is 12.6. The second-order valence-electron chi connectivity index (χ2n) is 6.81. The van der Waals surface area contributed by atoms with E-state index in [-0.39, 0.29) is 11.5 Å². The summed E-state index contributed by atoms with van der Waals surface area (Å²) in [5, 5.41) is 0. The van der Waals surface area contributed by atoms with Crippen LogP contribution in [0.15, 0.2) is 29.2 Å². The molecule has 0 spiro atoms. The Hall–Kier alpha value is -0.653. The van der Waals surface area contributed by atoms with Gasteiger partial charge in [0.2, 0.25) is 0 Å². The van der Waals surface area contributed by atoms with Crippen LogP contribution in [0.25, 0.3) is 0 Å². The minimum absolute atomic E-state index is 0.242. The summed E-state index contributed by atoms with van der Waals surface area (Å²) in [4.78, 5) is 0.242. The van der Waals surface area contributed by atoms with Crippen molar-refractivity contribution in [1.82, 2.24) is 0 Å². The van der Waals surface area contributed by atoms with Gasteiger partial charge in [-0.25, -0.2) is 0 Å². The van der Waals surface area contributed by atoms with Crippen LogP contribution in [0.3, 0.4) is 0 Å². The fourth-order valence-corrected chi connectivity index (χ4v) is 4.31. The van der Waals surface area contributed by atoms with Crippen molar-refractivity contribution in [2.75, 3.05) is 6.61 Å². The summed E-state index contributed by atoms with van der Waals surface area (Å²) in [5.41, 5.74) is 1.04. The second-order valence-corrected chi connectivity index (χ2v) is 14.1. The van der Waals surface area contributed by atoms with E-state index in [9.17, 15) is 8.42 Å². The van der Waals surface area contributed by atoms with E-state index in [1.54, 1.807) is 24.3 Å². The molecule has 120 valence electrons. The first-order chi connectivity index (χ1) is 9.71. The van der Waals surface area contributed by atoms with E-state index in [1.807, 2.05) is 6.92 Å². The summed E-state index contributed by atoms with van der Waals surface area (Å²) in [7, 11) is -4.52. The Morgan fingerprint density at radius 1 is 0.952 bits per heavy atom. The summed E-state index contributed by atoms with van der Waals surface area (Å²) in [6, 6.07) is 8.10. The van der Waals surface area contributed by atoms with Gasteiger partial charge in [-0.1, -0.05) is 62.6 Å². The van der Waals surface area contributed by atoms with Crippen molar-refractivity contribution >= 4 is 18.2 Å². The van der Waals surface area contributed by atoms with E-state index in [1.165, 1.54) is 12.5 Å². The Morgan fingerprint density at radius 2 is 1.52 bits per heavy atom. The number of hydrogen-bond donors (Lipinski definition) is 0. The Balaban J connectivity index is 2.24. The van der Waals surface area contributed by atoms with Crippen LogP contribution < -0.4 is 0 Å². The molecule has 0 heterocycles. The molecule has 1 aromatic rings. The van der Waals surface area contributed by atoms with Crippen molar-refractivity contribution in [3.05, 3.63) is 29.8 Å². The number of hydrogen-bond acceptors (Lipinski definition) is 3. The summed E-state index contributed by atoms with van der Waals surface area (Å²) >= 11 is 0. The van der Waals surface area contributed by atoms with E-state index in [2.05, 4.69) is 19.6 Å². The first-order valence-electron chi connectivity index (χ1n) is 7.67. The Labute approximate surface area is 130 Å². The highest BCUT2D eigenvalue weighted by Gasteiger charge is 2.14. The summed E-state index contributed by atoms with van der Waals surface area (Å²) in [6.45, 7) is 9.35. The molecule has 0 aliphatic carbocycles. The lowest BCUT2D eigenvalue weighted by molar-refractivity contribution is 0.307. The predicted octanol–water partition coefficient (Wildman–Crippen LogP) is 4.60. The molecule has 0 atom stereocenters. The van der Waals surface area contributed by atoms with Gasteiger partial charge in [0.25, 0.3) is 10.1 Å². The van der Waals surface area contributed by atoms with Crippen LogP contribution in [0.4, 0.5) is 0 Å². The topological polar surface area (TPSA) is 43.4 Å². The third kappa shape index (κ3) is 7.78. The van der Waals surface area contributed by atoms with E-state index in [0.29, 0.717) is 0 Å². The van der Waals surface area contributed by atoms with Crippen molar-refractivity contribution < 1.29 is 12.6 Å². The van der Waals surface area contributed by atoms with E-state index >= 15 is 0 Å². The standard InChI is InChI=1S/C16H28O3SSi/c1-15-9-11-16(12-10-15)20(17,18)19-13-7-5-6-8-14-21(2,3)4/h9-12H,5-8,13-14H2,1-4H3. The van der Waals surface area contributed by atoms with Gasteiger partial charge in [0, 0.05) is 8.07 Å². The summed E-state index contributed by atoms with van der Waals surface area (Å²) < 4.78 is 29.0. The first-order valence-corrected chi connectivity index (χ1v) is 12.8. The third-order valence-electron chi connectivity index (χ3n) is 3.37. The monoisotopic (exact) mass is 328 g/mol. The second kappa shape index (κ2) is 8.10. The number of rotatable bonds is 9. The third-order valence-corrected chi connectivity index (χ3v) is 6.55. The van der Waals surface area contributed by atoms with Gasteiger partial charge in [0.05, 0.1) is 11.5 Å². The summed E-state index contributed by atoms with van der Waals surface area (Å²) in [5.74, 6) is 0. The lowest BCUT2D eigenvalue weighted by atomic mass is 10.2. The van der Waals surface area contributed by atoms with Crippen LogP contribution >= 0.6 is 0 Å². The quantitative estimate of drug-likeness (QED) is 0.378. The highest BCUT2D eigenvalue weighted by atomic mass is 32.2. The maximum atomic E-state index is 11.9. The lowest BCUT2D eigenvalue weighted by Crippen LogP contribution is -2.18. The average molecular weight is 329 g/mol. The van der Waals surface area contributed by atoms with Gasteiger partial charge in [-0.3, -0.25) is 4.18 Å².